The predicted molar refractivity (Wildman–Crippen MR) is 53.2 cm³/mol. The Labute approximate surface area is 85.3 Å². The van der Waals surface area contributed by atoms with Crippen LogP contribution in [0.5, 0.6) is 0 Å². The summed E-state index contributed by atoms with van der Waals surface area (Å²) in [4.78, 5) is 7.97. The molecule has 2 rings (SSSR count). The average molecular weight is 216 g/mol. The quantitative estimate of drug-likeness (QED) is 0.686. The Bertz CT molecular complexity index is 450. The number of fused-ring (bicyclic) bond motifs is 1. The third-order valence-electron chi connectivity index (χ3n) is 1.88. The summed E-state index contributed by atoms with van der Waals surface area (Å²) in [5.41, 5.74) is 0.785. The molecule has 0 aliphatic heterocycles. The van der Waals surface area contributed by atoms with Crippen LogP contribution >= 0.6 is 23.2 Å². The first-order chi connectivity index (χ1) is 6.22. The van der Waals surface area contributed by atoms with E-state index in [9.17, 15) is 0 Å². The lowest BCUT2D eigenvalue weighted by Crippen LogP contribution is -1.93. The Hall–Kier alpha value is -0.800. The zero-order valence-corrected chi connectivity index (χ0v) is 8.47. The molecule has 0 aromatic carbocycles. The van der Waals surface area contributed by atoms with E-state index in [-0.39, 0.29) is 5.28 Å². The van der Waals surface area contributed by atoms with E-state index in [0.717, 1.165) is 17.6 Å². The minimum absolute atomic E-state index is 0.247. The molecule has 0 spiro atoms. The average Bonchev–Trinajstić information content (AvgIpc) is 2.42. The molecule has 5 heteroatoms. The van der Waals surface area contributed by atoms with Gasteiger partial charge in [-0.25, -0.2) is 4.98 Å². The Kier molecular flexibility index (Phi) is 2.14. The molecular formula is C8H7Cl2N3. The predicted octanol–water partition coefficient (Wildman–Crippen LogP) is 2.76. The van der Waals surface area contributed by atoms with Gasteiger partial charge in [-0.3, -0.25) is 0 Å². The molecule has 0 atom stereocenters. The van der Waals surface area contributed by atoms with Crippen molar-refractivity contribution in [1.82, 2.24) is 14.5 Å². The lowest BCUT2D eigenvalue weighted by molar-refractivity contribution is 0.786. The van der Waals surface area contributed by atoms with E-state index in [1.165, 1.54) is 0 Å². The van der Waals surface area contributed by atoms with Gasteiger partial charge in [0.15, 0.2) is 0 Å². The molecule has 68 valence electrons. The van der Waals surface area contributed by atoms with Gasteiger partial charge in [0.25, 0.3) is 0 Å². The fourth-order valence-corrected chi connectivity index (χ4v) is 1.63. The molecule has 0 fully saturated rings. The van der Waals surface area contributed by atoms with Crippen molar-refractivity contribution in [2.45, 2.75) is 13.5 Å². The van der Waals surface area contributed by atoms with E-state index >= 15 is 0 Å². The number of rotatable bonds is 1. The smallest absolute Gasteiger partial charge is 0.224 e. The molecule has 0 amide bonds. The van der Waals surface area contributed by atoms with Crippen LogP contribution in [-0.4, -0.2) is 14.5 Å². The molecule has 3 nitrogen and oxygen atoms in total. The van der Waals surface area contributed by atoms with Crippen LogP contribution in [0.4, 0.5) is 0 Å². The van der Waals surface area contributed by atoms with E-state index in [1.54, 1.807) is 6.20 Å². The Morgan fingerprint density at radius 1 is 1.46 bits per heavy atom. The number of aryl methyl sites for hydroxylation is 1. The number of aromatic nitrogens is 3. The van der Waals surface area contributed by atoms with Crippen molar-refractivity contribution in [1.29, 1.82) is 0 Å². The first-order valence-corrected chi connectivity index (χ1v) is 4.65. The van der Waals surface area contributed by atoms with Crippen LogP contribution in [0.3, 0.4) is 0 Å². The second-order valence-corrected chi connectivity index (χ2v) is 3.38. The molecule has 0 radical (unpaired) electrons. The normalized spacial score (nSPS) is 11.0. The highest BCUT2D eigenvalue weighted by molar-refractivity contribution is 6.35. The van der Waals surface area contributed by atoms with Crippen molar-refractivity contribution in [3.05, 3.63) is 22.7 Å². The van der Waals surface area contributed by atoms with Crippen molar-refractivity contribution < 1.29 is 0 Å². The van der Waals surface area contributed by atoms with Crippen LogP contribution in [0.15, 0.2) is 12.4 Å². The summed E-state index contributed by atoms with van der Waals surface area (Å²) in [5.74, 6) is 0. The van der Waals surface area contributed by atoms with Crippen LogP contribution < -0.4 is 0 Å². The number of halogens is 2. The first-order valence-electron chi connectivity index (χ1n) is 3.89. The van der Waals surface area contributed by atoms with Crippen LogP contribution in [0.1, 0.15) is 6.92 Å². The maximum atomic E-state index is 5.96. The van der Waals surface area contributed by atoms with Crippen molar-refractivity contribution >= 4 is 34.2 Å². The Morgan fingerprint density at radius 2 is 2.23 bits per heavy atom. The van der Waals surface area contributed by atoms with Gasteiger partial charge in [0.05, 0.1) is 10.4 Å². The molecule has 2 aromatic heterocycles. The van der Waals surface area contributed by atoms with Crippen LogP contribution in [0, 0.1) is 0 Å². The summed E-state index contributed by atoms with van der Waals surface area (Å²) in [7, 11) is 0. The summed E-state index contributed by atoms with van der Waals surface area (Å²) < 4.78 is 1.94. The SMILES string of the molecule is CCn1cc(Cl)c2cnc(Cl)nc21. The lowest BCUT2D eigenvalue weighted by atomic mass is 10.4. The highest BCUT2D eigenvalue weighted by Crippen LogP contribution is 2.24. The van der Waals surface area contributed by atoms with Crippen molar-refractivity contribution in [3.8, 4) is 0 Å². The molecule has 2 aromatic rings. The second-order valence-electron chi connectivity index (χ2n) is 2.64. The fraction of sp³-hybridized carbons (Fsp3) is 0.250. The molecule has 0 aliphatic carbocycles. The van der Waals surface area contributed by atoms with Crippen molar-refractivity contribution in [2.75, 3.05) is 0 Å². The third kappa shape index (κ3) is 1.38. The Balaban J connectivity index is 2.81. The van der Waals surface area contributed by atoms with Gasteiger partial charge in [0.1, 0.15) is 5.65 Å². The lowest BCUT2D eigenvalue weighted by Gasteiger charge is -1.97. The second kappa shape index (κ2) is 3.16. The van der Waals surface area contributed by atoms with E-state index in [2.05, 4.69) is 9.97 Å². The molecular weight excluding hydrogens is 209 g/mol. The van der Waals surface area contributed by atoms with Crippen LogP contribution in [0.2, 0.25) is 10.3 Å². The zero-order chi connectivity index (χ0) is 9.42. The molecule has 0 aliphatic rings. The van der Waals surface area contributed by atoms with Gasteiger partial charge in [0, 0.05) is 18.9 Å². The highest BCUT2D eigenvalue weighted by Gasteiger charge is 2.07. The van der Waals surface area contributed by atoms with E-state index in [1.807, 2.05) is 17.7 Å². The van der Waals surface area contributed by atoms with Gasteiger partial charge in [-0.05, 0) is 18.5 Å². The molecule has 0 saturated carbocycles. The minimum Gasteiger partial charge on any atom is -0.331 e. The third-order valence-corrected chi connectivity index (χ3v) is 2.36. The monoisotopic (exact) mass is 215 g/mol. The topological polar surface area (TPSA) is 30.7 Å². The van der Waals surface area contributed by atoms with Crippen LogP contribution in [0.25, 0.3) is 11.0 Å². The fourth-order valence-electron chi connectivity index (χ4n) is 1.25. The minimum atomic E-state index is 0.247. The van der Waals surface area contributed by atoms with Gasteiger partial charge in [-0.2, -0.15) is 4.98 Å². The summed E-state index contributed by atoms with van der Waals surface area (Å²) >= 11 is 11.6. The standard InChI is InChI=1S/C8H7Cl2N3/c1-2-13-4-6(9)5-3-11-8(10)12-7(5)13/h3-4H,2H2,1H3. The molecule has 0 bridgehead atoms. The summed E-state index contributed by atoms with van der Waals surface area (Å²) in [5, 5.41) is 1.75. The van der Waals surface area contributed by atoms with Gasteiger partial charge < -0.3 is 4.57 Å². The first kappa shape index (κ1) is 8.78. The maximum absolute atomic E-state index is 5.96. The van der Waals surface area contributed by atoms with E-state index < -0.39 is 0 Å². The van der Waals surface area contributed by atoms with Crippen molar-refractivity contribution in [2.24, 2.45) is 0 Å². The van der Waals surface area contributed by atoms with E-state index in [4.69, 9.17) is 23.2 Å². The molecule has 0 unspecified atom stereocenters. The highest BCUT2D eigenvalue weighted by atomic mass is 35.5. The van der Waals surface area contributed by atoms with Gasteiger partial charge >= 0.3 is 0 Å². The van der Waals surface area contributed by atoms with E-state index in [0.29, 0.717) is 5.02 Å². The number of nitrogens with zero attached hydrogens (tertiary/aromatic N) is 3. The summed E-state index contributed by atoms with van der Waals surface area (Å²) in [6, 6.07) is 0. The van der Waals surface area contributed by atoms with Gasteiger partial charge in [0.2, 0.25) is 5.28 Å². The molecule has 0 saturated heterocycles. The molecule has 13 heavy (non-hydrogen) atoms. The van der Waals surface area contributed by atoms with Gasteiger partial charge in [-0.1, -0.05) is 11.6 Å². The van der Waals surface area contributed by atoms with Crippen LogP contribution in [-0.2, 0) is 6.54 Å². The molecule has 2 heterocycles. The number of hydrogen-bond donors (Lipinski definition) is 0. The zero-order valence-electron chi connectivity index (χ0n) is 6.96. The Morgan fingerprint density at radius 3 is 2.92 bits per heavy atom. The summed E-state index contributed by atoms with van der Waals surface area (Å²) in [6.07, 6.45) is 3.47. The number of hydrogen-bond acceptors (Lipinski definition) is 2. The molecule has 0 N–H and O–H groups in total. The van der Waals surface area contributed by atoms with Gasteiger partial charge in [-0.15, -0.1) is 0 Å². The maximum Gasteiger partial charge on any atom is 0.224 e. The van der Waals surface area contributed by atoms with Crippen molar-refractivity contribution in [3.63, 3.8) is 0 Å². The largest absolute Gasteiger partial charge is 0.331 e. The summed E-state index contributed by atoms with van der Waals surface area (Å²) in [6.45, 7) is 2.84.